The second-order valence-corrected chi connectivity index (χ2v) is 5.90. The van der Waals surface area contributed by atoms with Crippen LogP contribution in [0.4, 0.5) is 10.1 Å². The molecule has 1 N–H and O–H groups in total. The lowest BCUT2D eigenvalue weighted by molar-refractivity contribution is -0.159. The number of benzene rings is 2. The standard InChI is InChI=1S/C19H19FN2O3/c20-15-7-4-8-16(11-15)21-18(23)12-17-19(24)25-10-9-22(17)13-14-5-2-1-3-6-14/h1-8,11,17H,9-10,12-13H2,(H,21,23)/t17-/m0/s1. The third-order valence-corrected chi connectivity index (χ3v) is 4.05. The quantitative estimate of drug-likeness (QED) is 0.849. The van der Waals surface area contributed by atoms with Crippen molar-refractivity contribution in [1.29, 1.82) is 0 Å². The Balaban J connectivity index is 1.66. The number of esters is 1. The molecule has 1 saturated heterocycles. The molecule has 0 aromatic heterocycles. The van der Waals surface area contributed by atoms with Gasteiger partial charge in [-0.15, -0.1) is 0 Å². The van der Waals surface area contributed by atoms with Crippen molar-refractivity contribution in [2.75, 3.05) is 18.5 Å². The predicted molar refractivity (Wildman–Crippen MR) is 91.2 cm³/mol. The summed E-state index contributed by atoms with van der Waals surface area (Å²) in [6.07, 6.45) is -0.0395. The first-order chi connectivity index (χ1) is 12.1. The Morgan fingerprint density at radius 2 is 2.00 bits per heavy atom. The molecule has 1 aliphatic rings. The van der Waals surface area contributed by atoms with E-state index in [0.29, 0.717) is 25.4 Å². The predicted octanol–water partition coefficient (Wildman–Crippen LogP) is 2.58. The van der Waals surface area contributed by atoms with Crippen LogP contribution in [0.5, 0.6) is 0 Å². The molecule has 0 radical (unpaired) electrons. The van der Waals surface area contributed by atoms with Gasteiger partial charge in [-0.2, -0.15) is 0 Å². The minimum Gasteiger partial charge on any atom is -0.463 e. The molecule has 1 amide bonds. The highest BCUT2D eigenvalue weighted by atomic mass is 19.1. The second kappa shape index (κ2) is 7.90. The number of ether oxygens (including phenoxy) is 1. The van der Waals surface area contributed by atoms with E-state index in [9.17, 15) is 14.0 Å². The fraction of sp³-hybridized carbons (Fsp3) is 0.263. The SMILES string of the molecule is O=C(C[C@H]1C(=O)OCCN1Cc1ccccc1)Nc1cccc(F)c1. The average Bonchev–Trinajstić information content (AvgIpc) is 2.59. The Morgan fingerprint density at radius 3 is 2.76 bits per heavy atom. The van der Waals surface area contributed by atoms with Crippen molar-refractivity contribution >= 4 is 17.6 Å². The van der Waals surface area contributed by atoms with Crippen LogP contribution in [-0.2, 0) is 20.9 Å². The van der Waals surface area contributed by atoms with E-state index in [0.717, 1.165) is 5.56 Å². The van der Waals surface area contributed by atoms with Crippen molar-refractivity contribution in [1.82, 2.24) is 4.90 Å². The lowest BCUT2D eigenvalue weighted by Gasteiger charge is -2.33. The smallest absolute Gasteiger partial charge is 0.323 e. The molecule has 130 valence electrons. The molecule has 0 aliphatic carbocycles. The number of anilines is 1. The molecular formula is C19H19FN2O3. The highest BCUT2D eigenvalue weighted by Gasteiger charge is 2.33. The van der Waals surface area contributed by atoms with Gasteiger partial charge in [-0.3, -0.25) is 14.5 Å². The van der Waals surface area contributed by atoms with Crippen molar-refractivity contribution < 1.29 is 18.7 Å². The summed E-state index contributed by atoms with van der Waals surface area (Å²) in [4.78, 5) is 26.3. The van der Waals surface area contributed by atoms with Gasteiger partial charge in [0.25, 0.3) is 0 Å². The zero-order chi connectivity index (χ0) is 17.6. The van der Waals surface area contributed by atoms with Gasteiger partial charge < -0.3 is 10.1 Å². The first kappa shape index (κ1) is 17.1. The number of amides is 1. The van der Waals surface area contributed by atoms with Crippen LogP contribution >= 0.6 is 0 Å². The zero-order valence-corrected chi connectivity index (χ0v) is 13.7. The van der Waals surface area contributed by atoms with Crippen LogP contribution in [0.2, 0.25) is 0 Å². The van der Waals surface area contributed by atoms with E-state index in [1.165, 1.54) is 18.2 Å². The number of cyclic esters (lactones) is 1. The molecule has 6 heteroatoms. The van der Waals surface area contributed by atoms with E-state index in [2.05, 4.69) is 5.32 Å². The lowest BCUT2D eigenvalue weighted by Crippen LogP contribution is -2.49. The van der Waals surface area contributed by atoms with Crippen molar-refractivity contribution in [2.45, 2.75) is 19.0 Å². The van der Waals surface area contributed by atoms with Crippen molar-refractivity contribution in [2.24, 2.45) is 0 Å². The van der Waals surface area contributed by atoms with Crippen LogP contribution in [0.15, 0.2) is 54.6 Å². The zero-order valence-electron chi connectivity index (χ0n) is 13.7. The molecule has 0 spiro atoms. The van der Waals surface area contributed by atoms with Gasteiger partial charge in [-0.25, -0.2) is 4.39 Å². The summed E-state index contributed by atoms with van der Waals surface area (Å²) >= 11 is 0. The Hall–Kier alpha value is -2.73. The van der Waals surface area contributed by atoms with Gasteiger partial charge in [0.05, 0.1) is 6.42 Å². The Kier molecular flexibility index (Phi) is 5.40. The fourth-order valence-electron chi connectivity index (χ4n) is 2.84. The van der Waals surface area contributed by atoms with E-state index in [1.807, 2.05) is 35.2 Å². The number of hydrogen-bond acceptors (Lipinski definition) is 4. The van der Waals surface area contributed by atoms with E-state index in [-0.39, 0.29) is 12.3 Å². The van der Waals surface area contributed by atoms with Crippen LogP contribution in [0.25, 0.3) is 0 Å². The third kappa shape index (κ3) is 4.64. The first-order valence-corrected chi connectivity index (χ1v) is 8.12. The molecule has 5 nitrogen and oxygen atoms in total. The number of morpholine rings is 1. The molecule has 1 heterocycles. The van der Waals surface area contributed by atoms with Gasteiger partial charge in [-0.1, -0.05) is 36.4 Å². The Morgan fingerprint density at radius 1 is 1.20 bits per heavy atom. The molecule has 0 bridgehead atoms. The molecule has 2 aromatic carbocycles. The van der Waals surface area contributed by atoms with Gasteiger partial charge >= 0.3 is 5.97 Å². The molecule has 3 rings (SSSR count). The highest BCUT2D eigenvalue weighted by molar-refractivity contribution is 5.94. The van der Waals surface area contributed by atoms with Gasteiger partial charge in [0.15, 0.2) is 0 Å². The maximum atomic E-state index is 13.2. The van der Waals surface area contributed by atoms with Crippen LogP contribution in [0.3, 0.4) is 0 Å². The van der Waals surface area contributed by atoms with E-state index in [1.54, 1.807) is 6.07 Å². The summed E-state index contributed by atoms with van der Waals surface area (Å²) < 4.78 is 18.3. The molecule has 0 saturated carbocycles. The highest BCUT2D eigenvalue weighted by Crippen LogP contribution is 2.17. The number of carbonyl (C=O) groups excluding carboxylic acids is 2. The third-order valence-electron chi connectivity index (χ3n) is 4.05. The van der Waals surface area contributed by atoms with Crippen molar-refractivity contribution in [3.8, 4) is 0 Å². The monoisotopic (exact) mass is 342 g/mol. The Labute approximate surface area is 145 Å². The van der Waals surface area contributed by atoms with Crippen molar-refractivity contribution in [3.63, 3.8) is 0 Å². The van der Waals surface area contributed by atoms with E-state index < -0.39 is 17.8 Å². The van der Waals surface area contributed by atoms with Crippen LogP contribution in [0, 0.1) is 5.82 Å². The summed E-state index contributed by atoms with van der Waals surface area (Å²) in [6, 6.07) is 14.7. The van der Waals surface area contributed by atoms with Crippen molar-refractivity contribution in [3.05, 3.63) is 66.0 Å². The molecule has 1 atom stereocenters. The molecular weight excluding hydrogens is 323 g/mol. The summed E-state index contributed by atoms with van der Waals surface area (Å²) in [5, 5.41) is 2.62. The average molecular weight is 342 g/mol. The lowest BCUT2D eigenvalue weighted by atomic mass is 10.1. The largest absolute Gasteiger partial charge is 0.463 e. The van der Waals surface area contributed by atoms with E-state index >= 15 is 0 Å². The molecule has 1 aliphatic heterocycles. The normalized spacial score (nSPS) is 17.8. The molecule has 0 unspecified atom stereocenters. The number of rotatable bonds is 5. The molecule has 2 aromatic rings. The van der Waals surface area contributed by atoms with E-state index in [4.69, 9.17) is 4.74 Å². The minimum absolute atomic E-state index is 0.0395. The topological polar surface area (TPSA) is 58.6 Å². The summed E-state index contributed by atoms with van der Waals surface area (Å²) in [5.74, 6) is -1.19. The van der Waals surface area contributed by atoms with Gasteiger partial charge in [0.1, 0.15) is 18.5 Å². The second-order valence-electron chi connectivity index (χ2n) is 5.90. The van der Waals surface area contributed by atoms with Crippen LogP contribution < -0.4 is 5.32 Å². The number of nitrogens with one attached hydrogen (secondary N) is 1. The number of carbonyl (C=O) groups is 2. The molecule has 25 heavy (non-hydrogen) atoms. The van der Waals surface area contributed by atoms with Gasteiger partial charge in [0, 0.05) is 18.8 Å². The summed E-state index contributed by atoms with van der Waals surface area (Å²) in [7, 11) is 0. The fourth-order valence-corrected chi connectivity index (χ4v) is 2.84. The number of hydrogen-bond donors (Lipinski definition) is 1. The van der Waals surface area contributed by atoms with Gasteiger partial charge in [-0.05, 0) is 23.8 Å². The molecule has 1 fully saturated rings. The minimum atomic E-state index is -0.650. The van der Waals surface area contributed by atoms with Crippen LogP contribution in [-0.4, -0.2) is 36.0 Å². The maximum Gasteiger partial charge on any atom is 0.323 e. The number of nitrogens with zero attached hydrogens (tertiary/aromatic N) is 1. The summed E-state index contributed by atoms with van der Waals surface area (Å²) in [5.41, 5.74) is 1.43. The van der Waals surface area contributed by atoms with Crippen LogP contribution in [0.1, 0.15) is 12.0 Å². The van der Waals surface area contributed by atoms with Gasteiger partial charge in [0.2, 0.25) is 5.91 Å². The maximum absolute atomic E-state index is 13.2. The first-order valence-electron chi connectivity index (χ1n) is 8.12. The Bertz CT molecular complexity index is 751. The summed E-state index contributed by atoms with van der Waals surface area (Å²) in [6.45, 7) is 1.44. The number of halogens is 1.